The fourth-order valence-corrected chi connectivity index (χ4v) is 1.91. The Morgan fingerprint density at radius 3 is 2.44 bits per heavy atom. The van der Waals surface area contributed by atoms with E-state index < -0.39 is 0 Å². The zero-order valence-electron chi connectivity index (χ0n) is 10.2. The summed E-state index contributed by atoms with van der Waals surface area (Å²) >= 11 is 0. The standard InChI is InChI=1S/C13H22N2.ClH/c1-10-6-7-12(11(2)9-10)13(15)5-3-4-8-14;/h6-7,9,13H,3-5,8,14-15H2,1-2H3;1H/t13-;/m1./s1. The van der Waals surface area contributed by atoms with Crippen LogP contribution in [0.4, 0.5) is 0 Å². The number of hydrogen-bond acceptors (Lipinski definition) is 2. The van der Waals surface area contributed by atoms with E-state index in [0.717, 1.165) is 25.8 Å². The molecule has 0 amide bonds. The van der Waals surface area contributed by atoms with Crippen molar-refractivity contribution >= 4 is 12.4 Å². The van der Waals surface area contributed by atoms with Crippen LogP contribution in [0.1, 0.15) is 42.0 Å². The number of benzene rings is 1. The highest BCUT2D eigenvalue weighted by Gasteiger charge is 2.08. The first kappa shape index (κ1) is 15.4. The smallest absolute Gasteiger partial charge is 0.0297 e. The maximum absolute atomic E-state index is 6.15. The molecule has 0 spiro atoms. The molecule has 3 heteroatoms. The van der Waals surface area contributed by atoms with Crippen molar-refractivity contribution < 1.29 is 0 Å². The van der Waals surface area contributed by atoms with Gasteiger partial charge < -0.3 is 11.5 Å². The third-order valence-electron chi connectivity index (χ3n) is 2.79. The first-order valence-electron chi connectivity index (χ1n) is 5.68. The van der Waals surface area contributed by atoms with Crippen LogP contribution in [0.5, 0.6) is 0 Å². The molecule has 1 atom stereocenters. The van der Waals surface area contributed by atoms with Gasteiger partial charge in [0, 0.05) is 6.04 Å². The summed E-state index contributed by atoms with van der Waals surface area (Å²) in [5, 5.41) is 0. The van der Waals surface area contributed by atoms with Crippen molar-refractivity contribution in [3.63, 3.8) is 0 Å². The molecule has 0 aromatic heterocycles. The number of halogens is 1. The fourth-order valence-electron chi connectivity index (χ4n) is 1.91. The van der Waals surface area contributed by atoms with Gasteiger partial charge in [-0.05, 0) is 44.4 Å². The minimum atomic E-state index is 0. The van der Waals surface area contributed by atoms with Gasteiger partial charge in [-0.25, -0.2) is 0 Å². The molecule has 0 aliphatic rings. The zero-order chi connectivity index (χ0) is 11.3. The average molecular weight is 243 g/mol. The summed E-state index contributed by atoms with van der Waals surface area (Å²) < 4.78 is 0. The summed E-state index contributed by atoms with van der Waals surface area (Å²) in [6.45, 7) is 5.00. The Hall–Kier alpha value is -0.570. The van der Waals surface area contributed by atoms with Gasteiger partial charge >= 0.3 is 0 Å². The number of unbranched alkanes of at least 4 members (excludes halogenated alkanes) is 1. The quantitative estimate of drug-likeness (QED) is 0.781. The van der Waals surface area contributed by atoms with Crippen LogP contribution in [-0.2, 0) is 0 Å². The van der Waals surface area contributed by atoms with Gasteiger partial charge in [-0.15, -0.1) is 12.4 Å². The molecular weight excluding hydrogens is 220 g/mol. The summed E-state index contributed by atoms with van der Waals surface area (Å²) in [7, 11) is 0. The van der Waals surface area contributed by atoms with Gasteiger partial charge in [0.1, 0.15) is 0 Å². The summed E-state index contributed by atoms with van der Waals surface area (Å²) in [5.74, 6) is 0. The van der Waals surface area contributed by atoms with Crippen LogP contribution < -0.4 is 11.5 Å². The van der Waals surface area contributed by atoms with Crippen molar-refractivity contribution in [1.29, 1.82) is 0 Å². The van der Waals surface area contributed by atoms with Crippen molar-refractivity contribution in [3.8, 4) is 0 Å². The Morgan fingerprint density at radius 1 is 1.19 bits per heavy atom. The van der Waals surface area contributed by atoms with Gasteiger partial charge in [0.2, 0.25) is 0 Å². The van der Waals surface area contributed by atoms with E-state index in [1.165, 1.54) is 16.7 Å². The summed E-state index contributed by atoms with van der Waals surface area (Å²) in [5.41, 5.74) is 15.5. The molecule has 4 N–H and O–H groups in total. The van der Waals surface area contributed by atoms with E-state index in [2.05, 4.69) is 32.0 Å². The van der Waals surface area contributed by atoms with Gasteiger partial charge in [-0.1, -0.05) is 30.2 Å². The van der Waals surface area contributed by atoms with Crippen molar-refractivity contribution in [3.05, 3.63) is 34.9 Å². The minimum Gasteiger partial charge on any atom is -0.330 e. The zero-order valence-corrected chi connectivity index (χ0v) is 11.0. The van der Waals surface area contributed by atoms with Gasteiger partial charge in [0.15, 0.2) is 0 Å². The van der Waals surface area contributed by atoms with Crippen molar-refractivity contribution in [2.24, 2.45) is 11.5 Å². The molecular formula is C13H23ClN2. The number of hydrogen-bond donors (Lipinski definition) is 2. The SMILES string of the molecule is Cc1ccc([C@H](N)CCCCN)c(C)c1.Cl. The summed E-state index contributed by atoms with van der Waals surface area (Å²) in [6, 6.07) is 6.64. The molecule has 0 aliphatic carbocycles. The predicted octanol–water partition coefficient (Wildman–Crippen LogP) is 2.85. The molecule has 0 saturated carbocycles. The number of rotatable bonds is 5. The molecule has 0 saturated heterocycles. The predicted molar refractivity (Wildman–Crippen MR) is 73.0 cm³/mol. The molecule has 0 bridgehead atoms. The van der Waals surface area contributed by atoms with Gasteiger partial charge in [0.25, 0.3) is 0 Å². The molecule has 92 valence electrons. The summed E-state index contributed by atoms with van der Waals surface area (Å²) in [4.78, 5) is 0. The molecule has 1 aromatic rings. The lowest BCUT2D eigenvalue weighted by atomic mass is 9.96. The van der Waals surface area contributed by atoms with Crippen LogP contribution in [-0.4, -0.2) is 6.54 Å². The van der Waals surface area contributed by atoms with Crippen molar-refractivity contribution in [2.45, 2.75) is 39.2 Å². The molecule has 0 heterocycles. The van der Waals surface area contributed by atoms with E-state index in [0.29, 0.717) is 0 Å². The molecule has 1 aromatic carbocycles. The first-order valence-corrected chi connectivity index (χ1v) is 5.68. The molecule has 0 aliphatic heterocycles. The van der Waals surface area contributed by atoms with Gasteiger partial charge in [-0.2, -0.15) is 0 Å². The second kappa shape index (κ2) is 7.66. The van der Waals surface area contributed by atoms with Crippen molar-refractivity contribution in [1.82, 2.24) is 0 Å². The Labute approximate surface area is 105 Å². The van der Waals surface area contributed by atoms with E-state index >= 15 is 0 Å². The lowest BCUT2D eigenvalue weighted by Crippen LogP contribution is -2.12. The van der Waals surface area contributed by atoms with Crippen LogP contribution in [0.3, 0.4) is 0 Å². The van der Waals surface area contributed by atoms with Gasteiger partial charge in [0.05, 0.1) is 0 Å². The lowest BCUT2D eigenvalue weighted by molar-refractivity contribution is 0.589. The van der Waals surface area contributed by atoms with E-state index in [9.17, 15) is 0 Å². The monoisotopic (exact) mass is 242 g/mol. The number of nitrogens with two attached hydrogens (primary N) is 2. The largest absolute Gasteiger partial charge is 0.330 e. The second-order valence-corrected chi connectivity index (χ2v) is 4.25. The third-order valence-corrected chi connectivity index (χ3v) is 2.79. The van der Waals surface area contributed by atoms with E-state index in [-0.39, 0.29) is 18.4 Å². The molecule has 0 radical (unpaired) electrons. The third kappa shape index (κ3) is 4.52. The molecule has 2 nitrogen and oxygen atoms in total. The Kier molecular flexibility index (Phi) is 7.39. The minimum absolute atomic E-state index is 0. The Bertz CT molecular complexity index is 313. The fraction of sp³-hybridized carbons (Fsp3) is 0.538. The van der Waals surface area contributed by atoms with Crippen LogP contribution in [0.15, 0.2) is 18.2 Å². The normalized spacial score (nSPS) is 12.0. The molecule has 0 fully saturated rings. The maximum atomic E-state index is 6.15. The second-order valence-electron chi connectivity index (χ2n) is 4.25. The maximum Gasteiger partial charge on any atom is 0.0297 e. The number of aryl methyl sites for hydroxylation is 2. The highest BCUT2D eigenvalue weighted by Crippen LogP contribution is 2.21. The van der Waals surface area contributed by atoms with Crippen LogP contribution >= 0.6 is 12.4 Å². The van der Waals surface area contributed by atoms with Crippen LogP contribution in [0, 0.1) is 13.8 Å². The Morgan fingerprint density at radius 2 is 1.88 bits per heavy atom. The molecule has 0 unspecified atom stereocenters. The van der Waals surface area contributed by atoms with Crippen LogP contribution in [0.25, 0.3) is 0 Å². The average Bonchev–Trinajstić information content (AvgIpc) is 2.17. The van der Waals surface area contributed by atoms with Gasteiger partial charge in [-0.3, -0.25) is 0 Å². The van der Waals surface area contributed by atoms with E-state index in [4.69, 9.17) is 11.5 Å². The summed E-state index contributed by atoms with van der Waals surface area (Å²) in [6.07, 6.45) is 3.21. The lowest BCUT2D eigenvalue weighted by Gasteiger charge is -2.15. The van der Waals surface area contributed by atoms with Crippen molar-refractivity contribution in [2.75, 3.05) is 6.54 Å². The first-order chi connectivity index (χ1) is 7.15. The Balaban J connectivity index is 0.00000225. The molecule has 16 heavy (non-hydrogen) atoms. The van der Waals surface area contributed by atoms with Crippen LogP contribution in [0.2, 0.25) is 0 Å². The van der Waals surface area contributed by atoms with E-state index in [1.54, 1.807) is 0 Å². The highest BCUT2D eigenvalue weighted by molar-refractivity contribution is 5.85. The highest BCUT2D eigenvalue weighted by atomic mass is 35.5. The van der Waals surface area contributed by atoms with E-state index in [1.807, 2.05) is 0 Å². The topological polar surface area (TPSA) is 52.0 Å². The molecule has 1 rings (SSSR count).